The van der Waals surface area contributed by atoms with Crippen LogP contribution in [0.3, 0.4) is 0 Å². The SMILES string of the molecule is CC(C)(CNC(=O)CCCNC(=O)c1cccs1)N1CCCCC1. The Balaban J connectivity index is 1.60. The highest BCUT2D eigenvalue weighted by molar-refractivity contribution is 7.12. The zero-order valence-electron chi connectivity index (χ0n) is 14.8. The van der Waals surface area contributed by atoms with Crippen LogP contribution < -0.4 is 10.6 Å². The molecule has 24 heavy (non-hydrogen) atoms. The molecule has 0 spiro atoms. The molecule has 2 N–H and O–H groups in total. The molecule has 5 nitrogen and oxygen atoms in total. The molecule has 0 bridgehead atoms. The number of likely N-dealkylation sites (tertiary alicyclic amines) is 1. The monoisotopic (exact) mass is 351 g/mol. The number of amides is 2. The molecule has 2 heterocycles. The normalized spacial score (nSPS) is 15.9. The first-order chi connectivity index (χ1) is 11.5. The number of carbonyl (C=O) groups excluding carboxylic acids is 2. The van der Waals surface area contributed by atoms with Gasteiger partial charge in [0.1, 0.15) is 0 Å². The molecule has 0 unspecified atom stereocenters. The second-order valence-corrected chi connectivity index (χ2v) is 7.92. The highest BCUT2D eigenvalue weighted by atomic mass is 32.1. The summed E-state index contributed by atoms with van der Waals surface area (Å²) in [5.74, 6) is 0.00194. The molecule has 0 aliphatic carbocycles. The van der Waals surface area contributed by atoms with Crippen LogP contribution in [-0.2, 0) is 4.79 Å². The van der Waals surface area contributed by atoms with Crippen molar-refractivity contribution in [2.75, 3.05) is 26.2 Å². The minimum Gasteiger partial charge on any atom is -0.354 e. The number of hydrogen-bond acceptors (Lipinski definition) is 4. The molecule has 0 aromatic carbocycles. The van der Waals surface area contributed by atoms with Gasteiger partial charge >= 0.3 is 0 Å². The topological polar surface area (TPSA) is 61.4 Å². The van der Waals surface area contributed by atoms with E-state index in [1.54, 1.807) is 6.07 Å². The largest absolute Gasteiger partial charge is 0.354 e. The molecule has 0 atom stereocenters. The van der Waals surface area contributed by atoms with E-state index in [4.69, 9.17) is 0 Å². The van der Waals surface area contributed by atoms with Crippen molar-refractivity contribution < 1.29 is 9.59 Å². The van der Waals surface area contributed by atoms with Gasteiger partial charge < -0.3 is 10.6 Å². The van der Waals surface area contributed by atoms with E-state index < -0.39 is 0 Å². The van der Waals surface area contributed by atoms with E-state index in [-0.39, 0.29) is 17.4 Å². The molecule has 6 heteroatoms. The fraction of sp³-hybridized carbons (Fsp3) is 0.667. The van der Waals surface area contributed by atoms with E-state index in [0.717, 1.165) is 13.1 Å². The van der Waals surface area contributed by atoms with Crippen LogP contribution >= 0.6 is 11.3 Å². The van der Waals surface area contributed by atoms with Crippen LogP contribution in [0, 0.1) is 0 Å². The Bertz CT molecular complexity index is 522. The van der Waals surface area contributed by atoms with Crippen LogP contribution in [0.5, 0.6) is 0 Å². The zero-order chi connectivity index (χ0) is 17.4. The molecular formula is C18H29N3O2S. The van der Waals surface area contributed by atoms with E-state index in [9.17, 15) is 9.59 Å². The van der Waals surface area contributed by atoms with Gasteiger partial charge in [-0.3, -0.25) is 14.5 Å². The van der Waals surface area contributed by atoms with Crippen LogP contribution in [0.2, 0.25) is 0 Å². The number of rotatable bonds is 8. The van der Waals surface area contributed by atoms with Crippen molar-refractivity contribution in [3.63, 3.8) is 0 Å². The van der Waals surface area contributed by atoms with Crippen LogP contribution in [-0.4, -0.2) is 48.4 Å². The number of thiophene rings is 1. The van der Waals surface area contributed by atoms with E-state index >= 15 is 0 Å². The highest BCUT2D eigenvalue weighted by Gasteiger charge is 2.28. The third-order valence-corrected chi connectivity index (χ3v) is 5.41. The molecular weight excluding hydrogens is 322 g/mol. The van der Waals surface area contributed by atoms with Gasteiger partial charge in [-0.2, -0.15) is 0 Å². The number of hydrogen-bond donors (Lipinski definition) is 2. The van der Waals surface area contributed by atoms with E-state index in [1.165, 1.54) is 30.6 Å². The third-order valence-electron chi connectivity index (χ3n) is 4.54. The number of nitrogens with zero attached hydrogens (tertiary/aromatic N) is 1. The minimum atomic E-state index is -0.0587. The second-order valence-electron chi connectivity index (χ2n) is 6.97. The van der Waals surface area contributed by atoms with Gasteiger partial charge in [-0.15, -0.1) is 11.3 Å². The first-order valence-electron chi connectivity index (χ1n) is 8.82. The first kappa shape index (κ1) is 18.9. The summed E-state index contributed by atoms with van der Waals surface area (Å²) in [6.45, 7) is 7.84. The molecule has 134 valence electrons. The molecule has 0 radical (unpaired) electrons. The number of nitrogens with one attached hydrogen (secondary N) is 2. The van der Waals surface area contributed by atoms with Gasteiger partial charge in [0.05, 0.1) is 4.88 Å². The van der Waals surface area contributed by atoms with Crippen LogP contribution in [0.25, 0.3) is 0 Å². The molecule has 2 rings (SSSR count). The molecule has 0 saturated carbocycles. The Morgan fingerprint density at radius 1 is 1.21 bits per heavy atom. The third kappa shape index (κ3) is 5.91. The summed E-state index contributed by atoms with van der Waals surface area (Å²) >= 11 is 1.42. The highest BCUT2D eigenvalue weighted by Crippen LogP contribution is 2.19. The van der Waals surface area contributed by atoms with Gasteiger partial charge in [-0.05, 0) is 57.6 Å². The molecule has 2 amide bonds. The molecule has 1 saturated heterocycles. The number of piperidine rings is 1. The van der Waals surface area contributed by atoms with Crippen molar-refractivity contribution in [1.29, 1.82) is 0 Å². The lowest BCUT2D eigenvalue weighted by Crippen LogP contribution is -2.53. The Morgan fingerprint density at radius 2 is 1.96 bits per heavy atom. The lowest BCUT2D eigenvalue weighted by molar-refractivity contribution is -0.121. The van der Waals surface area contributed by atoms with Crippen molar-refractivity contribution in [2.24, 2.45) is 0 Å². The molecule has 1 aromatic rings. The number of carbonyl (C=O) groups is 2. The maximum absolute atomic E-state index is 12.0. The van der Waals surface area contributed by atoms with E-state index in [2.05, 4.69) is 29.4 Å². The molecule has 1 aliphatic rings. The Morgan fingerprint density at radius 3 is 2.62 bits per heavy atom. The maximum Gasteiger partial charge on any atom is 0.261 e. The Labute approximate surface area is 148 Å². The minimum absolute atomic E-state index is 0.00344. The van der Waals surface area contributed by atoms with E-state index in [0.29, 0.717) is 30.8 Å². The molecule has 1 fully saturated rings. The second kappa shape index (κ2) is 9.18. The van der Waals surface area contributed by atoms with Crippen molar-refractivity contribution in [3.05, 3.63) is 22.4 Å². The lowest BCUT2D eigenvalue weighted by atomic mass is 9.98. The first-order valence-corrected chi connectivity index (χ1v) is 9.70. The average molecular weight is 352 g/mol. The van der Waals surface area contributed by atoms with Gasteiger partial charge in [-0.1, -0.05) is 12.5 Å². The van der Waals surface area contributed by atoms with Crippen molar-refractivity contribution in [2.45, 2.75) is 51.5 Å². The summed E-state index contributed by atoms with van der Waals surface area (Å²) in [6.07, 6.45) is 4.92. The van der Waals surface area contributed by atoms with Gasteiger partial charge in [0.25, 0.3) is 5.91 Å². The van der Waals surface area contributed by atoms with Gasteiger partial charge in [0, 0.05) is 25.0 Å². The van der Waals surface area contributed by atoms with E-state index in [1.807, 2.05) is 11.4 Å². The summed E-state index contributed by atoms with van der Waals surface area (Å²) in [5.41, 5.74) is 0.00344. The zero-order valence-corrected chi connectivity index (χ0v) is 15.6. The summed E-state index contributed by atoms with van der Waals surface area (Å²) in [7, 11) is 0. The van der Waals surface area contributed by atoms with Crippen molar-refractivity contribution >= 4 is 23.2 Å². The van der Waals surface area contributed by atoms with Crippen molar-refractivity contribution in [3.8, 4) is 0 Å². The predicted molar refractivity (Wildman–Crippen MR) is 98.4 cm³/mol. The predicted octanol–water partition coefficient (Wildman–Crippen LogP) is 2.64. The summed E-state index contributed by atoms with van der Waals surface area (Å²) in [5, 5.41) is 7.77. The quantitative estimate of drug-likeness (QED) is 0.708. The fourth-order valence-electron chi connectivity index (χ4n) is 2.96. The standard InChI is InChI=1S/C18H29N3O2S/c1-18(2,21-11-4-3-5-12-21)14-20-16(22)9-6-10-19-17(23)15-8-7-13-24-15/h7-8,13H,3-6,9-12,14H2,1-2H3,(H,19,23)(H,20,22). The van der Waals surface area contributed by atoms with Crippen LogP contribution in [0.1, 0.15) is 55.6 Å². The Hall–Kier alpha value is -1.40. The van der Waals surface area contributed by atoms with Crippen LogP contribution in [0.15, 0.2) is 17.5 Å². The Kier molecular flexibility index (Phi) is 7.24. The maximum atomic E-state index is 12.0. The molecule has 1 aliphatic heterocycles. The van der Waals surface area contributed by atoms with Gasteiger partial charge in [0.2, 0.25) is 5.91 Å². The summed E-state index contributed by atoms with van der Waals surface area (Å²) in [6, 6.07) is 3.66. The van der Waals surface area contributed by atoms with Crippen molar-refractivity contribution in [1.82, 2.24) is 15.5 Å². The van der Waals surface area contributed by atoms with Gasteiger partial charge in [-0.25, -0.2) is 0 Å². The lowest BCUT2D eigenvalue weighted by Gasteiger charge is -2.41. The average Bonchev–Trinajstić information content (AvgIpc) is 3.12. The summed E-state index contributed by atoms with van der Waals surface area (Å²) in [4.78, 5) is 27.0. The molecule has 1 aromatic heterocycles. The summed E-state index contributed by atoms with van der Waals surface area (Å²) < 4.78 is 0. The van der Waals surface area contributed by atoms with Gasteiger partial charge in [0.15, 0.2) is 0 Å². The van der Waals surface area contributed by atoms with Crippen LogP contribution in [0.4, 0.5) is 0 Å². The fourth-order valence-corrected chi connectivity index (χ4v) is 3.60. The smallest absolute Gasteiger partial charge is 0.261 e.